The lowest BCUT2D eigenvalue weighted by Gasteiger charge is -2.42. The summed E-state index contributed by atoms with van der Waals surface area (Å²) in [5.41, 5.74) is -1.62. The Morgan fingerprint density at radius 3 is 2.20 bits per heavy atom. The Labute approximate surface area is 292 Å². The van der Waals surface area contributed by atoms with E-state index in [2.05, 4.69) is 20.9 Å². The minimum Gasteiger partial charge on any atom is -0.450 e. The van der Waals surface area contributed by atoms with Crippen LogP contribution in [0, 0.1) is 23.6 Å². The summed E-state index contributed by atoms with van der Waals surface area (Å²) in [7, 11) is 1.98. The molecule has 2 heterocycles. The zero-order valence-corrected chi connectivity index (χ0v) is 29.4. The van der Waals surface area contributed by atoms with Gasteiger partial charge in [-0.3, -0.25) is 24.1 Å². The molecule has 12 nitrogen and oxygen atoms in total. The molecule has 3 N–H and O–H groups in total. The fraction of sp³-hybridized carbons (Fsp3) is 0.694. The first-order valence-electron chi connectivity index (χ1n) is 18.1. The number of benzene rings is 1. The van der Waals surface area contributed by atoms with Gasteiger partial charge >= 0.3 is 6.09 Å². The Morgan fingerprint density at radius 2 is 1.66 bits per heavy atom. The molecule has 1 aromatic rings. The molecule has 5 atom stereocenters. The first-order valence-corrected chi connectivity index (χ1v) is 18.1. The standard InChI is InChI=1S/C36H50F2N6O6/c1-5-50-35(49)44-15-12-27(44)31(45)40-29(33(47)43-17-16-42(4)20(2)19-43)21(3)24-10-11-26(25(37)18-24)39-32(46)30(41-34(48)36(38)13-14-36)28(22-6-7-22)23-8-9-23/h10-11,18,20-23,27-30H,5-9,12-17,19H2,1-4H3,(H,39,46)(H,40,45)(H,41,48)/t20-,21+,27+,29-,30+/m1/s1. The van der Waals surface area contributed by atoms with Crippen LogP contribution >= 0.6 is 0 Å². The van der Waals surface area contributed by atoms with Crippen molar-refractivity contribution in [2.45, 2.75) is 101 Å². The maximum Gasteiger partial charge on any atom is 0.410 e. The van der Waals surface area contributed by atoms with Crippen LogP contribution in [0.25, 0.3) is 0 Å². The topological polar surface area (TPSA) is 140 Å². The van der Waals surface area contributed by atoms with Crippen LogP contribution in [0.3, 0.4) is 0 Å². The van der Waals surface area contributed by atoms with Crippen molar-refractivity contribution in [1.29, 1.82) is 0 Å². The van der Waals surface area contributed by atoms with Crippen LogP contribution in [0.5, 0.6) is 0 Å². The van der Waals surface area contributed by atoms with E-state index in [0.29, 0.717) is 38.2 Å². The number of anilines is 1. The van der Waals surface area contributed by atoms with Crippen molar-refractivity contribution in [3.8, 4) is 0 Å². The van der Waals surface area contributed by atoms with Gasteiger partial charge in [-0.1, -0.05) is 13.0 Å². The molecule has 5 fully saturated rings. The Balaban J connectivity index is 1.19. The molecule has 3 aliphatic carbocycles. The third kappa shape index (κ3) is 7.74. The number of nitrogens with zero attached hydrogens (tertiary/aromatic N) is 3. The van der Waals surface area contributed by atoms with Gasteiger partial charge in [-0.25, -0.2) is 13.6 Å². The third-order valence-electron chi connectivity index (χ3n) is 11.3. The minimum atomic E-state index is -1.94. The normalized spacial score (nSPS) is 24.8. The molecule has 5 amide bonds. The van der Waals surface area contributed by atoms with Crippen molar-refractivity contribution >= 4 is 35.4 Å². The Bertz CT molecular complexity index is 1490. The number of hydrogen-bond acceptors (Lipinski definition) is 7. The predicted octanol–water partition coefficient (Wildman–Crippen LogP) is 3.17. The van der Waals surface area contributed by atoms with Crippen molar-refractivity contribution in [2.75, 3.05) is 45.2 Å². The number of ether oxygens (including phenoxy) is 1. The highest BCUT2D eigenvalue weighted by Gasteiger charge is 2.54. The number of rotatable bonds is 13. The van der Waals surface area contributed by atoms with Crippen LogP contribution in [0.15, 0.2) is 18.2 Å². The molecule has 0 radical (unpaired) electrons. The number of halogens is 2. The summed E-state index contributed by atoms with van der Waals surface area (Å²) in [5, 5.41) is 8.21. The number of carbonyl (C=O) groups excluding carboxylic acids is 5. The Kier molecular flexibility index (Phi) is 10.4. The molecule has 0 unspecified atom stereocenters. The number of likely N-dealkylation sites (N-methyl/N-ethyl adjacent to an activating group) is 1. The van der Waals surface area contributed by atoms with E-state index in [1.165, 1.54) is 17.0 Å². The molecule has 6 rings (SSSR count). The summed E-state index contributed by atoms with van der Waals surface area (Å²) in [6, 6.07) is 1.53. The van der Waals surface area contributed by atoms with Crippen molar-refractivity contribution in [3.05, 3.63) is 29.6 Å². The smallest absolute Gasteiger partial charge is 0.410 e. The van der Waals surface area contributed by atoms with Gasteiger partial charge in [0.25, 0.3) is 5.91 Å². The van der Waals surface area contributed by atoms with E-state index in [0.717, 1.165) is 25.7 Å². The lowest BCUT2D eigenvalue weighted by atomic mass is 9.88. The van der Waals surface area contributed by atoms with Gasteiger partial charge in [0.1, 0.15) is 23.9 Å². The fourth-order valence-corrected chi connectivity index (χ4v) is 7.33. The van der Waals surface area contributed by atoms with Gasteiger partial charge in [0.2, 0.25) is 17.7 Å². The van der Waals surface area contributed by atoms with E-state index in [1.54, 1.807) is 24.8 Å². The number of likely N-dealkylation sites (tertiary alicyclic amines) is 1. The second kappa shape index (κ2) is 14.4. The van der Waals surface area contributed by atoms with E-state index >= 15 is 4.39 Å². The molecule has 3 saturated carbocycles. The number of nitrogens with one attached hydrogen (secondary N) is 3. The van der Waals surface area contributed by atoms with Gasteiger partial charge in [-0.2, -0.15) is 0 Å². The first-order chi connectivity index (χ1) is 23.8. The highest BCUT2D eigenvalue weighted by atomic mass is 19.1. The molecule has 274 valence electrons. The second-order valence-electron chi connectivity index (χ2n) is 15.0. The molecule has 5 aliphatic rings. The molecule has 50 heavy (non-hydrogen) atoms. The molecule has 1 aromatic carbocycles. The maximum absolute atomic E-state index is 15.8. The van der Waals surface area contributed by atoms with E-state index in [4.69, 9.17) is 4.74 Å². The van der Waals surface area contributed by atoms with Gasteiger partial charge in [-0.15, -0.1) is 0 Å². The number of amides is 5. The molecule has 2 saturated heterocycles. The van der Waals surface area contributed by atoms with Crippen molar-refractivity contribution < 1.29 is 37.5 Å². The van der Waals surface area contributed by atoms with Gasteiger partial charge in [0.15, 0.2) is 5.67 Å². The summed E-state index contributed by atoms with van der Waals surface area (Å²) >= 11 is 0. The van der Waals surface area contributed by atoms with Crippen LogP contribution in [0.4, 0.5) is 19.3 Å². The zero-order chi connectivity index (χ0) is 35.9. The Morgan fingerprint density at radius 1 is 0.980 bits per heavy atom. The highest BCUT2D eigenvalue weighted by Crippen LogP contribution is 2.51. The van der Waals surface area contributed by atoms with Crippen molar-refractivity contribution in [1.82, 2.24) is 25.3 Å². The summed E-state index contributed by atoms with van der Waals surface area (Å²) in [5.74, 6) is -3.20. The molecule has 0 aromatic heterocycles. The molecular weight excluding hydrogens is 650 g/mol. The molecule has 0 bridgehead atoms. The monoisotopic (exact) mass is 700 g/mol. The van der Waals surface area contributed by atoms with E-state index < -0.39 is 59.3 Å². The van der Waals surface area contributed by atoms with Crippen LogP contribution in [-0.2, 0) is 23.9 Å². The fourth-order valence-electron chi connectivity index (χ4n) is 7.33. The average Bonchev–Trinajstić information content (AvgIpc) is 3.91. The predicted molar refractivity (Wildman–Crippen MR) is 180 cm³/mol. The second-order valence-corrected chi connectivity index (χ2v) is 15.0. The van der Waals surface area contributed by atoms with E-state index in [-0.39, 0.29) is 54.8 Å². The molecule has 14 heteroatoms. The van der Waals surface area contributed by atoms with Gasteiger partial charge in [-0.05, 0) is 101 Å². The van der Waals surface area contributed by atoms with Crippen LogP contribution in [0.2, 0.25) is 0 Å². The van der Waals surface area contributed by atoms with Crippen LogP contribution in [-0.4, -0.2) is 114 Å². The van der Waals surface area contributed by atoms with Gasteiger partial charge < -0.3 is 30.5 Å². The van der Waals surface area contributed by atoms with Crippen molar-refractivity contribution in [3.63, 3.8) is 0 Å². The summed E-state index contributed by atoms with van der Waals surface area (Å²) in [4.78, 5) is 71.5. The SMILES string of the molecule is CCOC(=O)N1CC[C@H]1C(=O)N[C@@H](C(=O)N1CCN(C)[C@H](C)C1)[C@@H](C)c1ccc(NC(=O)[C@@H](NC(=O)C2(F)CC2)C(C2CC2)C2CC2)c(F)c1. The summed E-state index contributed by atoms with van der Waals surface area (Å²) in [6.45, 7) is 7.52. The molecular formula is C36H50F2N6O6. The summed E-state index contributed by atoms with van der Waals surface area (Å²) in [6.07, 6.45) is 3.83. The lowest BCUT2D eigenvalue weighted by Crippen LogP contribution is -2.63. The third-order valence-corrected chi connectivity index (χ3v) is 11.3. The minimum absolute atomic E-state index is 0.0957. The highest BCUT2D eigenvalue weighted by molar-refractivity contribution is 5.99. The number of alkyl halides is 1. The largest absolute Gasteiger partial charge is 0.450 e. The van der Waals surface area contributed by atoms with Gasteiger partial charge in [0.05, 0.1) is 12.3 Å². The van der Waals surface area contributed by atoms with Crippen LogP contribution < -0.4 is 16.0 Å². The number of piperazine rings is 1. The van der Waals surface area contributed by atoms with Crippen molar-refractivity contribution in [2.24, 2.45) is 17.8 Å². The summed E-state index contributed by atoms with van der Waals surface area (Å²) < 4.78 is 35.5. The average molecular weight is 701 g/mol. The molecule has 2 aliphatic heterocycles. The quantitative estimate of drug-likeness (QED) is 0.287. The lowest BCUT2D eigenvalue weighted by molar-refractivity contribution is -0.141. The van der Waals surface area contributed by atoms with E-state index in [9.17, 15) is 28.4 Å². The molecule has 0 spiro atoms. The zero-order valence-electron chi connectivity index (χ0n) is 29.4. The van der Waals surface area contributed by atoms with E-state index in [1.807, 2.05) is 14.0 Å². The maximum atomic E-state index is 15.8. The van der Waals surface area contributed by atoms with Crippen LogP contribution in [0.1, 0.15) is 77.2 Å². The van der Waals surface area contributed by atoms with Gasteiger partial charge in [0, 0.05) is 38.1 Å². The number of carbonyl (C=O) groups is 5. The number of hydrogen-bond donors (Lipinski definition) is 3. The first kappa shape index (κ1) is 36.0. The Hall–Kier alpha value is -3.81.